The third-order valence-corrected chi connectivity index (χ3v) is 5.80. The number of ether oxygens (including phenoxy) is 1. The highest BCUT2D eigenvalue weighted by molar-refractivity contribution is 7.19. The molecule has 1 aromatic carbocycles. The minimum atomic E-state index is -1.62. The molecule has 3 aromatic rings. The van der Waals surface area contributed by atoms with Crippen LogP contribution in [0.5, 0.6) is 0 Å². The van der Waals surface area contributed by atoms with Gasteiger partial charge >= 0.3 is 0 Å². The molecule has 148 valence electrons. The Bertz CT molecular complexity index is 1040. The van der Waals surface area contributed by atoms with E-state index in [9.17, 15) is 18.0 Å². The number of anilines is 1. The predicted octanol–water partition coefficient (Wildman–Crippen LogP) is 4.04. The number of aromatic nitrogens is 1. The zero-order valence-corrected chi connectivity index (χ0v) is 15.9. The SMILES string of the molecule is Cc1cc2[nH]c(C(=O)Nc3ccc(F)c(F)c3F)c(CN3CCOCC3)c2s1. The molecular weight excluding hydrogens is 391 g/mol. The van der Waals surface area contributed by atoms with Gasteiger partial charge < -0.3 is 15.0 Å². The number of carbonyl (C=O) groups is 1. The zero-order valence-electron chi connectivity index (χ0n) is 15.1. The van der Waals surface area contributed by atoms with Crippen molar-refractivity contribution in [2.75, 3.05) is 31.6 Å². The molecule has 1 fully saturated rings. The lowest BCUT2D eigenvalue weighted by molar-refractivity contribution is 0.0343. The quantitative estimate of drug-likeness (QED) is 0.640. The van der Waals surface area contributed by atoms with Crippen molar-refractivity contribution in [3.05, 3.63) is 51.8 Å². The van der Waals surface area contributed by atoms with Crippen molar-refractivity contribution in [1.82, 2.24) is 9.88 Å². The van der Waals surface area contributed by atoms with E-state index in [1.807, 2.05) is 13.0 Å². The van der Waals surface area contributed by atoms with Gasteiger partial charge in [0.05, 0.1) is 29.1 Å². The molecule has 4 rings (SSSR count). The molecule has 0 unspecified atom stereocenters. The summed E-state index contributed by atoms with van der Waals surface area (Å²) < 4.78 is 46.9. The third kappa shape index (κ3) is 3.52. The van der Waals surface area contributed by atoms with Crippen molar-refractivity contribution in [2.45, 2.75) is 13.5 Å². The number of hydrogen-bond donors (Lipinski definition) is 2. The van der Waals surface area contributed by atoms with E-state index in [4.69, 9.17) is 4.74 Å². The Morgan fingerprint density at radius 2 is 2.00 bits per heavy atom. The van der Waals surface area contributed by atoms with Crippen molar-refractivity contribution < 1.29 is 22.7 Å². The van der Waals surface area contributed by atoms with Crippen LogP contribution in [0, 0.1) is 24.4 Å². The van der Waals surface area contributed by atoms with Crippen molar-refractivity contribution in [3.63, 3.8) is 0 Å². The number of aromatic amines is 1. The van der Waals surface area contributed by atoms with Gasteiger partial charge in [-0.15, -0.1) is 11.3 Å². The predicted molar refractivity (Wildman–Crippen MR) is 101 cm³/mol. The molecule has 1 amide bonds. The fraction of sp³-hybridized carbons (Fsp3) is 0.316. The van der Waals surface area contributed by atoms with Crippen LogP contribution in [-0.4, -0.2) is 42.1 Å². The summed E-state index contributed by atoms with van der Waals surface area (Å²) in [6, 6.07) is 3.72. The second-order valence-electron chi connectivity index (χ2n) is 6.64. The first kappa shape index (κ1) is 19.0. The number of amides is 1. The van der Waals surface area contributed by atoms with Gasteiger partial charge in [-0.05, 0) is 25.1 Å². The molecule has 0 atom stereocenters. The normalized spacial score (nSPS) is 15.3. The number of hydrogen-bond acceptors (Lipinski definition) is 4. The minimum absolute atomic E-state index is 0.289. The highest BCUT2D eigenvalue weighted by atomic mass is 32.1. The van der Waals surface area contributed by atoms with Crippen LogP contribution in [0.25, 0.3) is 10.2 Å². The van der Waals surface area contributed by atoms with Crippen molar-refractivity contribution >= 4 is 33.1 Å². The van der Waals surface area contributed by atoms with Crippen LogP contribution in [-0.2, 0) is 11.3 Å². The Balaban J connectivity index is 1.67. The van der Waals surface area contributed by atoms with Gasteiger partial charge in [0, 0.05) is 30.1 Å². The Morgan fingerprint density at radius 3 is 2.75 bits per heavy atom. The molecule has 1 aliphatic rings. The maximum absolute atomic E-state index is 13.9. The van der Waals surface area contributed by atoms with Gasteiger partial charge in [-0.1, -0.05) is 0 Å². The topological polar surface area (TPSA) is 57.4 Å². The van der Waals surface area contributed by atoms with Crippen molar-refractivity contribution in [1.29, 1.82) is 0 Å². The summed E-state index contributed by atoms with van der Waals surface area (Å²) in [6.45, 7) is 5.25. The number of morpholine rings is 1. The van der Waals surface area contributed by atoms with Crippen molar-refractivity contribution in [3.8, 4) is 0 Å². The maximum Gasteiger partial charge on any atom is 0.272 e. The Labute approximate surface area is 163 Å². The number of fused-ring (bicyclic) bond motifs is 1. The number of halogens is 3. The molecule has 2 aromatic heterocycles. The number of nitrogens with zero attached hydrogens (tertiary/aromatic N) is 1. The number of carbonyl (C=O) groups excluding carboxylic acids is 1. The van der Waals surface area contributed by atoms with Crippen LogP contribution >= 0.6 is 11.3 Å². The lowest BCUT2D eigenvalue weighted by Gasteiger charge is -2.26. The average Bonchev–Trinajstić information content (AvgIpc) is 3.20. The van der Waals surface area contributed by atoms with Crippen LogP contribution < -0.4 is 5.32 Å². The molecule has 9 heteroatoms. The first-order chi connectivity index (χ1) is 13.4. The fourth-order valence-electron chi connectivity index (χ4n) is 3.29. The molecule has 0 saturated carbocycles. The number of nitrogens with one attached hydrogen (secondary N) is 2. The Morgan fingerprint density at radius 1 is 1.25 bits per heavy atom. The van der Waals surface area contributed by atoms with Gasteiger partial charge in [-0.25, -0.2) is 13.2 Å². The van der Waals surface area contributed by atoms with E-state index in [0.29, 0.717) is 19.8 Å². The Hall–Kier alpha value is -2.36. The van der Waals surface area contributed by atoms with E-state index in [1.165, 1.54) is 0 Å². The number of rotatable bonds is 4. The van der Waals surface area contributed by atoms with Crippen LogP contribution in [0.15, 0.2) is 18.2 Å². The molecule has 28 heavy (non-hydrogen) atoms. The first-order valence-corrected chi connectivity index (χ1v) is 9.61. The van der Waals surface area contributed by atoms with Gasteiger partial charge in [0.25, 0.3) is 5.91 Å². The largest absolute Gasteiger partial charge is 0.379 e. The lowest BCUT2D eigenvalue weighted by atomic mass is 10.2. The summed E-state index contributed by atoms with van der Waals surface area (Å²) in [7, 11) is 0. The van der Waals surface area contributed by atoms with Gasteiger partial charge in [0.2, 0.25) is 0 Å². The van der Waals surface area contributed by atoms with Gasteiger partial charge in [0.15, 0.2) is 17.5 Å². The molecule has 1 aliphatic heterocycles. The molecule has 0 bridgehead atoms. The van der Waals surface area contributed by atoms with Gasteiger partial charge in [-0.3, -0.25) is 9.69 Å². The second-order valence-corrected chi connectivity index (χ2v) is 7.90. The summed E-state index contributed by atoms with van der Waals surface area (Å²) in [5.74, 6) is -4.95. The molecule has 5 nitrogen and oxygen atoms in total. The Kier molecular flexibility index (Phi) is 5.13. The van der Waals surface area contributed by atoms with Crippen LogP contribution in [0.1, 0.15) is 20.9 Å². The number of benzene rings is 1. The number of H-pyrrole nitrogens is 1. The van der Waals surface area contributed by atoms with E-state index in [2.05, 4.69) is 15.2 Å². The molecule has 0 spiro atoms. The van der Waals surface area contributed by atoms with Gasteiger partial charge in [-0.2, -0.15) is 0 Å². The number of thiophene rings is 1. The van der Waals surface area contributed by atoms with Crippen LogP contribution in [0.4, 0.5) is 18.9 Å². The monoisotopic (exact) mass is 409 g/mol. The summed E-state index contributed by atoms with van der Waals surface area (Å²) in [6.07, 6.45) is 0. The van der Waals surface area contributed by atoms with E-state index >= 15 is 0 Å². The molecule has 0 radical (unpaired) electrons. The molecule has 3 heterocycles. The lowest BCUT2D eigenvalue weighted by Crippen LogP contribution is -2.36. The van der Waals surface area contributed by atoms with Crippen molar-refractivity contribution in [2.24, 2.45) is 0 Å². The smallest absolute Gasteiger partial charge is 0.272 e. The maximum atomic E-state index is 13.9. The van der Waals surface area contributed by atoms with Crippen LogP contribution in [0.2, 0.25) is 0 Å². The standard InChI is InChI=1S/C19H18F3N3O2S/c1-10-8-14-18(28-10)11(9-25-4-6-27-7-5-25)17(23-14)19(26)24-13-3-2-12(20)15(21)16(13)22/h2-3,8,23H,4-7,9H2,1H3,(H,24,26). The van der Waals surface area contributed by atoms with E-state index in [1.54, 1.807) is 11.3 Å². The second kappa shape index (κ2) is 7.57. The highest BCUT2D eigenvalue weighted by Gasteiger charge is 2.24. The number of aryl methyl sites for hydroxylation is 1. The highest BCUT2D eigenvalue weighted by Crippen LogP contribution is 2.32. The summed E-state index contributed by atoms with van der Waals surface area (Å²) >= 11 is 1.57. The summed E-state index contributed by atoms with van der Waals surface area (Å²) in [4.78, 5) is 19.2. The summed E-state index contributed by atoms with van der Waals surface area (Å²) in [5.41, 5.74) is 1.50. The fourth-order valence-corrected chi connectivity index (χ4v) is 4.30. The minimum Gasteiger partial charge on any atom is -0.379 e. The van der Waals surface area contributed by atoms with E-state index < -0.39 is 29.0 Å². The molecule has 2 N–H and O–H groups in total. The van der Waals surface area contributed by atoms with Crippen LogP contribution in [0.3, 0.4) is 0 Å². The zero-order chi connectivity index (χ0) is 19.8. The van der Waals surface area contributed by atoms with E-state index in [-0.39, 0.29) is 5.69 Å². The summed E-state index contributed by atoms with van der Waals surface area (Å²) in [5, 5.41) is 2.35. The third-order valence-electron chi connectivity index (χ3n) is 4.69. The molecule has 1 saturated heterocycles. The van der Waals surface area contributed by atoms with Gasteiger partial charge in [0.1, 0.15) is 5.69 Å². The molecular formula is C19H18F3N3O2S. The van der Waals surface area contributed by atoms with E-state index in [0.717, 1.165) is 45.9 Å². The first-order valence-electron chi connectivity index (χ1n) is 8.80. The average molecular weight is 409 g/mol. The molecule has 0 aliphatic carbocycles.